The van der Waals surface area contributed by atoms with Crippen LogP contribution in [0.15, 0.2) is 42.5 Å². The Balaban J connectivity index is 2.02. The van der Waals surface area contributed by atoms with Crippen LogP contribution in [-0.2, 0) is 6.54 Å². The standard InChI is InChI=1S/C19H22N4O/c1-12(2)14-8-6-9-15-17(14)18(23-19(20)22-15)21-11-13-7-4-5-10-16(13)24-3/h4-10,12H,11H2,1-3H3,(H3,20,21,22,23). The van der Waals surface area contributed by atoms with E-state index in [0.29, 0.717) is 12.5 Å². The van der Waals surface area contributed by atoms with E-state index < -0.39 is 0 Å². The molecular formula is C19H22N4O. The van der Waals surface area contributed by atoms with E-state index in [1.165, 1.54) is 5.56 Å². The fourth-order valence-electron chi connectivity index (χ4n) is 2.86. The quantitative estimate of drug-likeness (QED) is 0.744. The molecule has 3 rings (SSSR count). The van der Waals surface area contributed by atoms with E-state index in [0.717, 1.165) is 28.0 Å². The van der Waals surface area contributed by atoms with E-state index in [1.807, 2.05) is 36.4 Å². The molecule has 0 unspecified atom stereocenters. The van der Waals surface area contributed by atoms with Gasteiger partial charge in [-0.2, -0.15) is 4.98 Å². The Morgan fingerprint density at radius 3 is 2.62 bits per heavy atom. The lowest BCUT2D eigenvalue weighted by atomic mass is 9.98. The van der Waals surface area contributed by atoms with Crippen LogP contribution < -0.4 is 15.8 Å². The number of ether oxygens (including phenoxy) is 1. The Morgan fingerprint density at radius 2 is 1.88 bits per heavy atom. The molecule has 0 bridgehead atoms. The maximum absolute atomic E-state index is 5.89. The Kier molecular flexibility index (Phi) is 4.51. The molecule has 0 atom stereocenters. The number of para-hydroxylation sites is 1. The van der Waals surface area contributed by atoms with Gasteiger partial charge in [0.05, 0.1) is 12.6 Å². The van der Waals surface area contributed by atoms with Crippen LogP contribution in [0.5, 0.6) is 5.75 Å². The minimum Gasteiger partial charge on any atom is -0.496 e. The van der Waals surface area contributed by atoms with Crippen LogP contribution in [0.2, 0.25) is 0 Å². The van der Waals surface area contributed by atoms with E-state index in [-0.39, 0.29) is 5.95 Å². The van der Waals surface area contributed by atoms with Gasteiger partial charge in [0, 0.05) is 17.5 Å². The molecule has 0 aliphatic carbocycles. The largest absolute Gasteiger partial charge is 0.496 e. The van der Waals surface area contributed by atoms with Crippen LogP contribution in [0.25, 0.3) is 10.9 Å². The molecule has 1 aromatic heterocycles. The topological polar surface area (TPSA) is 73.1 Å². The molecule has 0 aliphatic heterocycles. The number of anilines is 2. The third-order valence-corrected chi connectivity index (χ3v) is 4.03. The molecule has 2 aromatic carbocycles. The summed E-state index contributed by atoms with van der Waals surface area (Å²) in [4.78, 5) is 8.80. The van der Waals surface area contributed by atoms with Crippen LogP contribution in [0.4, 0.5) is 11.8 Å². The fourth-order valence-corrected chi connectivity index (χ4v) is 2.86. The van der Waals surface area contributed by atoms with Crippen molar-refractivity contribution in [3.05, 3.63) is 53.6 Å². The van der Waals surface area contributed by atoms with Crippen molar-refractivity contribution in [3.63, 3.8) is 0 Å². The van der Waals surface area contributed by atoms with Crippen molar-refractivity contribution >= 4 is 22.7 Å². The van der Waals surface area contributed by atoms with Crippen LogP contribution in [0.3, 0.4) is 0 Å². The van der Waals surface area contributed by atoms with Gasteiger partial charge in [0.1, 0.15) is 11.6 Å². The van der Waals surface area contributed by atoms with Crippen LogP contribution in [0, 0.1) is 0 Å². The molecule has 0 fully saturated rings. The number of nitrogen functional groups attached to an aromatic ring is 1. The predicted octanol–water partition coefficient (Wildman–Crippen LogP) is 3.96. The second-order valence-corrected chi connectivity index (χ2v) is 5.99. The lowest BCUT2D eigenvalue weighted by Gasteiger charge is -2.15. The Bertz CT molecular complexity index is 861. The molecule has 0 saturated heterocycles. The Labute approximate surface area is 141 Å². The molecule has 124 valence electrons. The first kappa shape index (κ1) is 16.1. The molecule has 24 heavy (non-hydrogen) atoms. The van der Waals surface area contributed by atoms with E-state index >= 15 is 0 Å². The van der Waals surface area contributed by atoms with Gasteiger partial charge in [0.2, 0.25) is 5.95 Å². The number of hydrogen-bond donors (Lipinski definition) is 2. The minimum atomic E-state index is 0.269. The summed E-state index contributed by atoms with van der Waals surface area (Å²) >= 11 is 0. The zero-order chi connectivity index (χ0) is 17.1. The van der Waals surface area contributed by atoms with Crippen molar-refractivity contribution in [2.45, 2.75) is 26.3 Å². The number of hydrogen-bond acceptors (Lipinski definition) is 5. The normalized spacial score (nSPS) is 11.0. The second kappa shape index (κ2) is 6.74. The molecule has 5 heteroatoms. The number of nitrogens with two attached hydrogens (primary N) is 1. The summed E-state index contributed by atoms with van der Waals surface area (Å²) in [5.41, 5.74) is 9.01. The SMILES string of the molecule is COc1ccccc1CNc1nc(N)nc2cccc(C(C)C)c12. The smallest absolute Gasteiger partial charge is 0.222 e. The maximum Gasteiger partial charge on any atom is 0.222 e. The molecule has 0 spiro atoms. The van der Waals surface area contributed by atoms with Gasteiger partial charge < -0.3 is 15.8 Å². The molecule has 1 heterocycles. The highest BCUT2D eigenvalue weighted by molar-refractivity contribution is 5.93. The lowest BCUT2D eigenvalue weighted by molar-refractivity contribution is 0.410. The van der Waals surface area contributed by atoms with Crippen molar-refractivity contribution < 1.29 is 4.74 Å². The van der Waals surface area contributed by atoms with Gasteiger partial charge in [-0.3, -0.25) is 0 Å². The molecule has 3 N–H and O–H groups in total. The van der Waals surface area contributed by atoms with Gasteiger partial charge in [0.15, 0.2) is 0 Å². The highest BCUT2D eigenvalue weighted by Gasteiger charge is 2.13. The molecule has 0 radical (unpaired) electrons. The number of methoxy groups -OCH3 is 1. The first-order valence-corrected chi connectivity index (χ1v) is 8.02. The first-order chi connectivity index (χ1) is 11.6. The number of aromatic nitrogens is 2. The van der Waals surface area contributed by atoms with Crippen molar-refractivity contribution in [2.24, 2.45) is 0 Å². The number of nitrogens with one attached hydrogen (secondary N) is 1. The summed E-state index contributed by atoms with van der Waals surface area (Å²) in [5, 5.41) is 4.43. The van der Waals surface area contributed by atoms with E-state index in [4.69, 9.17) is 10.5 Å². The molecule has 5 nitrogen and oxygen atoms in total. The second-order valence-electron chi connectivity index (χ2n) is 5.99. The lowest BCUT2D eigenvalue weighted by Crippen LogP contribution is -2.07. The Morgan fingerprint density at radius 1 is 1.08 bits per heavy atom. The van der Waals surface area contributed by atoms with E-state index in [9.17, 15) is 0 Å². The molecular weight excluding hydrogens is 300 g/mol. The molecule has 0 amide bonds. The van der Waals surface area contributed by atoms with Gasteiger partial charge >= 0.3 is 0 Å². The summed E-state index contributed by atoms with van der Waals surface area (Å²) in [6.45, 7) is 4.92. The van der Waals surface area contributed by atoms with Crippen LogP contribution in [-0.4, -0.2) is 17.1 Å². The first-order valence-electron chi connectivity index (χ1n) is 8.02. The average Bonchev–Trinajstić information content (AvgIpc) is 2.59. The van der Waals surface area contributed by atoms with Gasteiger partial charge in [-0.1, -0.05) is 44.2 Å². The summed E-state index contributed by atoms with van der Waals surface area (Å²) in [6, 6.07) is 14.0. The molecule has 3 aromatic rings. The highest BCUT2D eigenvalue weighted by atomic mass is 16.5. The number of rotatable bonds is 5. The fraction of sp³-hybridized carbons (Fsp3) is 0.263. The van der Waals surface area contributed by atoms with Gasteiger partial charge in [-0.25, -0.2) is 4.98 Å². The zero-order valence-corrected chi connectivity index (χ0v) is 14.2. The van der Waals surface area contributed by atoms with Crippen molar-refractivity contribution in [2.75, 3.05) is 18.2 Å². The van der Waals surface area contributed by atoms with Gasteiger partial charge in [-0.15, -0.1) is 0 Å². The summed E-state index contributed by atoms with van der Waals surface area (Å²) in [5.74, 6) is 2.24. The zero-order valence-electron chi connectivity index (χ0n) is 14.2. The Hall–Kier alpha value is -2.82. The third kappa shape index (κ3) is 3.11. The predicted molar refractivity (Wildman–Crippen MR) is 98.4 cm³/mol. The number of benzene rings is 2. The molecule has 0 aliphatic rings. The maximum atomic E-state index is 5.89. The van der Waals surface area contributed by atoms with Crippen LogP contribution >= 0.6 is 0 Å². The minimum absolute atomic E-state index is 0.269. The highest BCUT2D eigenvalue weighted by Crippen LogP contribution is 2.30. The van der Waals surface area contributed by atoms with E-state index in [1.54, 1.807) is 7.11 Å². The van der Waals surface area contributed by atoms with Gasteiger partial charge in [-0.05, 0) is 23.6 Å². The summed E-state index contributed by atoms with van der Waals surface area (Å²) in [7, 11) is 1.67. The molecule has 0 saturated carbocycles. The average molecular weight is 322 g/mol. The van der Waals surface area contributed by atoms with Crippen molar-refractivity contribution in [1.82, 2.24) is 9.97 Å². The van der Waals surface area contributed by atoms with Gasteiger partial charge in [0.25, 0.3) is 0 Å². The number of fused-ring (bicyclic) bond motifs is 1. The summed E-state index contributed by atoms with van der Waals surface area (Å²) < 4.78 is 5.41. The summed E-state index contributed by atoms with van der Waals surface area (Å²) in [6.07, 6.45) is 0. The number of nitrogens with zero attached hydrogens (tertiary/aromatic N) is 2. The van der Waals surface area contributed by atoms with E-state index in [2.05, 4.69) is 35.2 Å². The van der Waals surface area contributed by atoms with Crippen molar-refractivity contribution in [1.29, 1.82) is 0 Å². The third-order valence-electron chi connectivity index (χ3n) is 4.03. The van der Waals surface area contributed by atoms with Crippen LogP contribution in [0.1, 0.15) is 30.9 Å². The van der Waals surface area contributed by atoms with Crippen molar-refractivity contribution in [3.8, 4) is 5.75 Å². The monoisotopic (exact) mass is 322 g/mol.